The molecule has 1 aromatic heterocycles. The minimum atomic E-state index is -0.447. The third-order valence-electron chi connectivity index (χ3n) is 6.10. The van der Waals surface area contributed by atoms with Crippen molar-refractivity contribution in [3.05, 3.63) is 89.6 Å². The molecule has 1 fully saturated rings. The maximum atomic E-state index is 12.8. The molecule has 4 rings (SSSR count). The van der Waals surface area contributed by atoms with Gasteiger partial charge in [0.25, 0.3) is 0 Å². The van der Waals surface area contributed by atoms with Crippen LogP contribution in [0.3, 0.4) is 0 Å². The molecule has 1 aliphatic heterocycles. The van der Waals surface area contributed by atoms with Crippen molar-refractivity contribution in [1.82, 2.24) is 9.88 Å². The summed E-state index contributed by atoms with van der Waals surface area (Å²) in [6.45, 7) is 1.53. The molecule has 0 spiro atoms. The van der Waals surface area contributed by atoms with E-state index in [1.807, 2.05) is 53.4 Å². The number of hydrogen-bond acceptors (Lipinski definition) is 3. The lowest BCUT2D eigenvalue weighted by Crippen LogP contribution is -2.39. The number of piperidine rings is 1. The molecule has 1 atom stereocenters. The van der Waals surface area contributed by atoms with Crippen LogP contribution in [-0.2, 0) is 11.2 Å². The molecule has 1 saturated heterocycles. The topological polar surface area (TPSA) is 76.3 Å². The first-order valence-corrected chi connectivity index (χ1v) is 11.3. The standard InChI is InChI=1S/C27H29N3O2/c28-27(32)22-12-5-11-21(18-22)24-14-6-15-25(29-24)23-13-7-17-30(19-23)26(31)16-4-10-20-8-2-1-3-9-20/h1-3,5-6,8-9,11-12,14-15,18,23H,4,7,10,13,16-17,19H2,(H2,28,32)/t23-/m0/s1. The average Bonchev–Trinajstić information content (AvgIpc) is 2.85. The average molecular weight is 428 g/mol. The second-order valence-electron chi connectivity index (χ2n) is 8.41. The van der Waals surface area contributed by atoms with Crippen LogP contribution >= 0.6 is 0 Å². The van der Waals surface area contributed by atoms with Gasteiger partial charge in [0.2, 0.25) is 11.8 Å². The van der Waals surface area contributed by atoms with Gasteiger partial charge in [-0.3, -0.25) is 14.6 Å². The highest BCUT2D eigenvalue weighted by Crippen LogP contribution is 2.28. The van der Waals surface area contributed by atoms with Crippen molar-refractivity contribution in [2.45, 2.75) is 38.0 Å². The molecule has 2 amide bonds. The molecule has 0 aliphatic carbocycles. The summed E-state index contributed by atoms with van der Waals surface area (Å²) in [5.41, 5.74) is 9.85. The summed E-state index contributed by atoms with van der Waals surface area (Å²) >= 11 is 0. The van der Waals surface area contributed by atoms with E-state index in [0.717, 1.165) is 49.2 Å². The molecule has 5 nitrogen and oxygen atoms in total. The molecule has 0 bridgehead atoms. The lowest BCUT2D eigenvalue weighted by atomic mass is 9.93. The van der Waals surface area contributed by atoms with Crippen LogP contribution in [0.1, 0.15) is 53.2 Å². The maximum Gasteiger partial charge on any atom is 0.248 e. The summed E-state index contributed by atoms with van der Waals surface area (Å²) in [5, 5.41) is 0. The number of likely N-dealkylation sites (tertiary alicyclic amines) is 1. The predicted molar refractivity (Wildman–Crippen MR) is 126 cm³/mol. The molecule has 164 valence electrons. The molecule has 0 unspecified atom stereocenters. The molecule has 2 heterocycles. The number of amides is 2. The van der Waals surface area contributed by atoms with Crippen LogP contribution in [0.4, 0.5) is 0 Å². The smallest absolute Gasteiger partial charge is 0.248 e. The lowest BCUT2D eigenvalue weighted by molar-refractivity contribution is -0.132. The number of pyridine rings is 1. The molecule has 5 heteroatoms. The van der Waals surface area contributed by atoms with E-state index in [-0.39, 0.29) is 11.8 Å². The largest absolute Gasteiger partial charge is 0.366 e. The predicted octanol–water partition coefficient (Wildman–Crippen LogP) is 4.58. The molecule has 2 aromatic carbocycles. The monoisotopic (exact) mass is 427 g/mol. The van der Waals surface area contributed by atoms with E-state index in [4.69, 9.17) is 10.7 Å². The second-order valence-corrected chi connectivity index (χ2v) is 8.41. The fraction of sp³-hybridized carbons (Fsp3) is 0.296. The highest BCUT2D eigenvalue weighted by atomic mass is 16.2. The molecular weight excluding hydrogens is 398 g/mol. The first-order valence-electron chi connectivity index (χ1n) is 11.3. The van der Waals surface area contributed by atoms with Gasteiger partial charge in [-0.1, -0.05) is 48.5 Å². The van der Waals surface area contributed by atoms with E-state index in [9.17, 15) is 9.59 Å². The number of aryl methyl sites for hydroxylation is 1. The van der Waals surface area contributed by atoms with Crippen LogP contribution in [0.15, 0.2) is 72.8 Å². The van der Waals surface area contributed by atoms with Gasteiger partial charge in [0.05, 0.1) is 5.69 Å². The van der Waals surface area contributed by atoms with Gasteiger partial charge in [0, 0.05) is 42.2 Å². The first-order chi connectivity index (χ1) is 15.6. The van der Waals surface area contributed by atoms with Crippen molar-refractivity contribution in [2.75, 3.05) is 13.1 Å². The van der Waals surface area contributed by atoms with Crippen LogP contribution in [0.2, 0.25) is 0 Å². The van der Waals surface area contributed by atoms with E-state index in [2.05, 4.69) is 12.1 Å². The first kappa shape index (κ1) is 21.8. The fourth-order valence-corrected chi connectivity index (χ4v) is 4.36. The number of rotatable bonds is 7. The summed E-state index contributed by atoms with van der Waals surface area (Å²) in [4.78, 5) is 31.2. The third-order valence-corrected chi connectivity index (χ3v) is 6.10. The zero-order valence-corrected chi connectivity index (χ0v) is 18.2. The Kier molecular flexibility index (Phi) is 6.95. The SMILES string of the molecule is NC(=O)c1cccc(-c2cccc([C@H]3CCCN(C(=O)CCCc4ccccc4)C3)n2)c1. The number of nitrogens with two attached hydrogens (primary N) is 1. The molecular formula is C27H29N3O2. The van der Waals surface area contributed by atoms with Gasteiger partial charge in [-0.05, 0) is 55.5 Å². The van der Waals surface area contributed by atoms with Crippen molar-refractivity contribution in [2.24, 2.45) is 5.73 Å². The molecule has 0 saturated carbocycles. The van der Waals surface area contributed by atoms with E-state index < -0.39 is 5.91 Å². The van der Waals surface area contributed by atoms with Crippen molar-refractivity contribution in [3.8, 4) is 11.3 Å². The Hall–Kier alpha value is -3.47. The Balaban J connectivity index is 1.40. The number of nitrogens with zero attached hydrogens (tertiary/aromatic N) is 2. The van der Waals surface area contributed by atoms with Gasteiger partial charge >= 0.3 is 0 Å². The Morgan fingerprint density at radius 1 is 1.00 bits per heavy atom. The summed E-state index contributed by atoms with van der Waals surface area (Å²) < 4.78 is 0. The Morgan fingerprint density at radius 3 is 2.62 bits per heavy atom. The number of hydrogen-bond donors (Lipinski definition) is 1. The fourth-order valence-electron chi connectivity index (χ4n) is 4.36. The lowest BCUT2D eigenvalue weighted by Gasteiger charge is -2.32. The number of primary amides is 1. The summed E-state index contributed by atoms with van der Waals surface area (Å²) in [6.07, 6.45) is 4.38. The maximum absolute atomic E-state index is 12.8. The van der Waals surface area contributed by atoms with Crippen molar-refractivity contribution in [1.29, 1.82) is 0 Å². The molecule has 1 aliphatic rings. The zero-order valence-electron chi connectivity index (χ0n) is 18.2. The normalized spacial score (nSPS) is 16.0. The molecule has 3 aromatic rings. The number of carbonyl (C=O) groups is 2. The van der Waals surface area contributed by atoms with Crippen molar-refractivity contribution >= 4 is 11.8 Å². The van der Waals surface area contributed by atoms with E-state index in [0.29, 0.717) is 18.5 Å². The van der Waals surface area contributed by atoms with Crippen molar-refractivity contribution in [3.63, 3.8) is 0 Å². The molecule has 32 heavy (non-hydrogen) atoms. The minimum absolute atomic E-state index is 0.223. The van der Waals surface area contributed by atoms with E-state index >= 15 is 0 Å². The van der Waals surface area contributed by atoms with Crippen LogP contribution in [0.25, 0.3) is 11.3 Å². The van der Waals surface area contributed by atoms with Crippen molar-refractivity contribution < 1.29 is 9.59 Å². The van der Waals surface area contributed by atoms with Gasteiger partial charge < -0.3 is 10.6 Å². The number of carbonyl (C=O) groups excluding carboxylic acids is 2. The van der Waals surface area contributed by atoms with Gasteiger partial charge in [0.15, 0.2) is 0 Å². The summed E-state index contributed by atoms with van der Waals surface area (Å²) in [6, 6.07) is 23.5. The van der Waals surface area contributed by atoms with Crippen LogP contribution in [0, 0.1) is 0 Å². The minimum Gasteiger partial charge on any atom is -0.366 e. The number of aromatic nitrogens is 1. The quantitative estimate of drug-likeness (QED) is 0.600. The second kappa shape index (κ2) is 10.2. The molecule has 0 radical (unpaired) electrons. The zero-order chi connectivity index (χ0) is 22.3. The highest BCUT2D eigenvalue weighted by molar-refractivity contribution is 5.94. The summed E-state index contributed by atoms with van der Waals surface area (Å²) in [5.74, 6) is 0.00810. The summed E-state index contributed by atoms with van der Waals surface area (Å²) in [7, 11) is 0. The van der Waals surface area contributed by atoms with Crippen LogP contribution < -0.4 is 5.73 Å². The molecule has 2 N–H and O–H groups in total. The van der Waals surface area contributed by atoms with Gasteiger partial charge in [-0.25, -0.2) is 0 Å². The van der Waals surface area contributed by atoms with Crippen LogP contribution in [0.5, 0.6) is 0 Å². The van der Waals surface area contributed by atoms with Gasteiger partial charge in [0.1, 0.15) is 0 Å². The highest BCUT2D eigenvalue weighted by Gasteiger charge is 2.25. The number of benzene rings is 2. The van der Waals surface area contributed by atoms with E-state index in [1.165, 1.54) is 5.56 Å². The van der Waals surface area contributed by atoms with Gasteiger partial charge in [-0.2, -0.15) is 0 Å². The Morgan fingerprint density at radius 2 is 1.81 bits per heavy atom. The third kappa shape index (κ3) is 5.41. The van der Waals surface area contributed by atoms with Gasteiger partial charge in [-0.15, -0.1) is 0 Å². The van der Waals surface area contributed by atoms with E-state index in [1.54, 1.807) is 12.1 Å². The Labute approximate surface area is 189 Å². The Bertz CT molecular complexity index is 1080. The van der Waals surface area contributed by atoms with Crippen LogP contribution in [-0.4, -0.2) is 34.8 Å².